The molecule has 1 heterocycles. The van der Waals surface area contributed by atoms with E-state index in [1.54, 1.807) is 19.9 Å². The van der Waals surface area contributed by atoms with Crippen molar-refractivity contribution in [3.8, 4) is 0 Å². The summed E-state index contributed by atoms with van der Waals surface area (Å²) in [5, 5.41) is 11.2. The number of hydrogen-bond acceptors (Lipinski definition) is 7. The SMILES string of the molecule is CC1CC2C3CC(F)C4=CC(=O)C=CC4(C)C3(C)C(O)CC2(C)C1(OC(=O)c1ccco1)C(=O)SCF. The van der Waals surface area contributed by atoms with Crippen LogP contribution in [0.3, 0.4) is 0 Å². The number of fused-ring (bicyclic) bond motifs is 5. The number of alkyl halides is 2. The molecule has 4 aliphatic rings. The van der Waals surface area contributed by atoms with E-state index < -0.39 is 63.0 Å². The van der Waals surface area contributed by atoms with Crippen LogP contribution >= 0.6 is 11.8 Å². The van der Waals surface area contributed by atoms with Gasteiger partial charge < -0.3 is 14.3 Å². The van der Waals surface area contributed by atoms with E-state index >= 15 is 4.39 Å². The summed E-state index contributed by atoms with van der Waals surface area (Å²) in [6.07, 6.45) is 3.96. The summed E-state index contributed by atoms with van der Waals surface area (Å²) in [7, 11) is 0. The molecule has 0 radical (unpaired) electrons. The normalized spacial score (nSPS) is 44.5. The maximum absolute atomic E-state index is 15.8. The molecule has 9 atom stereocenters. The van der Waals surface area contributed by atoms with E-state index in [2.05, 4.69) is 0 Å². The van der Waals surface area contributed by atoms with Crippen LogP contribution in [0.15, 0.2) is 46.6 Å². The number of aliphatic hydroxyl groups excluding tert-OH is 1. The number of allylic oxidation sites excluding steroid dienone is 4. The highest BCUT2D eigenvalue weighted by molar-refractivity contribution is 8.13. The molecular weight excluding hydrogens is 502 g/mol. The second-order valence-corrected chi connectivity index (χ2v) is 12.5. The Labute approximate surface area is 218 Å². The van der Waals surface area contributed by atoms with Gasteiger partial charge in [0.15, 0.2) is 11.4 Å². The van der Waals surface area contributed by atoms with Gasteiger partial charge >= 0.3 is 5.97 Å². The Bertz CT molecular complexity index is 1200. The number of esters is 1. The summed E-state index contributed by atoms with van der Waals surface area (Å²) in [5.41, 5.74) is -4.24. The Morgan fingerprint density at radius 1 is 1.24 bits per heavy atom. The maximum Gasteiger partial charge on any atom is 0.375 e. The minimum atomic E-state index is -1.75. The van der Waals surface area contributed by atoms with Crippen molar-refractivity contribution >= 4 is 28.6 Å². The molecule has 0 spiro atoms. The van der Waals surface area contributed by atoms with Crippen LogP contribution in [0.25, 0.3) is 0 Å². The Morgan fingerprint density at radius 3 is 2.62 bits per heavy atom. The number of hydrogen-bond donors (Lipinski definition) is 1. The Balaban J connectivity index is 1.64. The van der Waals surface area contributed by atoms with Gasteiger partial charge in [-0.1, -0.05) is 33.8 Å². The summed E-state index contributed by atoms with van der Waals surface area (Å²) < 4.78 is 40.6. The third kappa shape index (κ3) is 3.28. The predicted octanol–water partition coefficient (Wildman–Crippen LogP) is 5.22. The number of furan rings is 1. The molecule has 0 bridgehead atoms. The first-order valence-corrected chi connectivity index (χ1v) is 13.6. The quantitative estimate of drug-likeness (QED) is 0.529. The minimum absolute atomic E-state index is 0.0652. The van der Waals surface area contributed by atoms with Crippen molar-refractivity contribution in [1.82, 2.24) is 0 Å². The van der Waals surface area contributed by atoms with Gasteiger partial charge in [0.2, 0.25) is 10.9 Å². The Kier molecular flexibility index (Phi) is 6.15. The summed E-state index contributed by atoms with van der Waals surface area (Å²) >= 11 is 0.446. The average molecular weight is 535 g/mol. The highest BCUT2D eigenvalue weighted by Gasteiger charge is 2.76. The second kappa shape index (κ2) is 8.63. The molecular formula is C28H32F2O6S. The van der Waals surface area contributed by atoms with E-state index in [9.17, 15) is 23.9 Å². The lowest BCUT2D eigenvalue weighted by atomic mass is 9.39. The molecule has 6 nitrogen and oxygen atoms in total. The van der Waals surface area contributed by atoms with Gasteiger partial charge in [0.25, 0.3) is 0 Å². The molecule has 200 valence electrons. The van der Waals surface area contributed by atoms with Crippen LogP contribution in [-0.2, 0) is 14.3 Å². The molecule has 0 amide bonds. The summed E-state index contributed by atoms with van der Waals surface area (Å²) in [5.74, 6) is -2.43. The van der Waals surface area contributed by atoms with E-state index in [4.69, 9.17) is 9.15 Å². The summed E-state index contributed by atoms with van der Waals surface area (Å²) in [4.78, 5) is 39.0. The largest absolute Gasteiger partial charge is 0.457 e. The van der Waals surface area contributed by atoms with Crippen molar-refractivity contribution in [3.05, 3.63) is 48.0 Å². The molecule has 1 aromatic rings. The van der Waals surface area contributed by atoms with Crippen LogP contribution in [0.2, 0.25) is 0 Å². The number of rotatable bonds is 4. The van der Waals surface area contributed by atoms with Crippen LogP contribution in [0.1, 0.15) is 57.5 Å². The summed E-state index contributed by atoms with van der Waals surface area (Å²) in [6.45, 7) is 7.39. The first kappa shape index (κ1) is 26.4. The van der Waals surface area contributed by atoms with Crippen LogP contribution < -0.4 is 0 Å². The highest BCUT2D eigenvalue weighted by atomic mass is 32.2. The number of carbonyl (C=O) groups is 3. The van der Waals surface area contributed by atoms with E-state index in [0.717, 1.165) is 0 Å². The molecule has 3 saturated carbocycles. The Hall–Kier alpha value is -2.26. The van der Waals surface area contributed by atoms with Crippen LogP contribution in [0.4, 0.5) is 8.78 Å². The van der Waals surface area contributed by atoms with Crippen LogP contribution in [0.5, 0.6) is 0 Å². The molecule has 1 aromatic heterocycles. The highest BCUT2D eigenvalue weighted by Crippen LogP contribution is 2.73. The van der Waals surface area contributed by atoms with Gasteiger partial charge in [-0.3, -0.25) is 9.59 Å². The molecule has 4 aliphatic carbocycles. The molecule has 3 fully saturated rings. The molecule has 5 rings (SSSR count). The van der Waals surface area contributed by atoms with Crippen LogP contribution in [-0.4, -0.2) is 45.9 Å². The van der Waals surface area contributed by atoms with Gasteiger partial charge in [0.05, 0.1) is 12.4 Å². The van der Waals surface area contributed by atoms with Crippen molar-refractivity contribution in [2.24, 2.45) is 34.0 Å². The number of ether oxygens (including phenoxy) is 1. The molecule has 1 N–H and O–H groups in total. The number of carbonyl (C=O) groups excluding carboxylic acids is 3. The molecule has 0 saturated heterocycles. The minimum Gasteiger partial charge on any atom is -0.457 e. The first-order valence-electron chi connectivity index (χ1n) is 12.6. The summed E-state index contributed by atoms with van der Waals surface area (Å²) in [6, 6.07) is 1.96. The molecule has 37 heavy (non-hydrogen) atoms. The van der Waals surface area contributed by atoms with Crippen molar-refractivity contribution in [1.29, 1.82) is 0 Å². The lowest BCUT2D eigenvalue weighted by molar-refractivity contribution is -0.209. The van der Waals surface area contributed by atoms with Gasteiger partial charge in [0.1, 0.15) is 12.2 Å². The number of halogens is 2. The fraction of sp³-hybridized carbons (Fsp3) is 0.607. The average Bonchev–Trinajstić information content (AvgIpc) is 3.45. The van der Waals surface area contributed by atoms with Crippen molar-refractivity contribution in [2.75, 3.05) is 6.01 Å². The zero-order valence-electron chi connectivity index (χ0n) is 21.3. The van der Waals surface area contributed by atoms with Crippen molar-refractivity contribution in [2.45, 2.75) is 64.8 Å². The topological polar surface area (TPSA) is 93.8 Å². The van der Waals surface area contributed by atoms with E-state index in [1.807, 2.05) is 13.8 Å². The number of ketones is 1. The van der Waals surface area contributed by atoms with E-state index in [0.29, 0.717) is 23.8 Å². The molecule has 0 aromatic carbocycles. The number of thioether (sulfide) groups is 1. The second-order valence-electron chi connectivity index (χ2n) is 11.7. The van der Waals surface area contributed by atoms with E-state index in [-0.39, 0.29) is 30.3 Å². The fourth-order valence-corrected chi connectivity index (χ4v) is 9.16. The van der Waals surface area contributed by atoms with Gasteiger partial charge in [-0.2, -0.15) is 0 Å². The van der Waals surface area contributed by atoms with Gasteiger partial charge in [-0.25, -0.2) is 13.6 Å². The lowest BCUT2D eigenvalue weighted by Crippen LogP contribution is -2.68. The van der Waals surface area contributed by atoms with Crippen LogP contribution in [0, 0.1) is 34.0 Å². The van der Waals surface area contributed by atoms with E-state index in [1.165, 1.54) is 30.5 Å². The smallest absolute Gasteiger partial charge is 0.375 e. The van der Waals surface area contributed by atoms with Crippen molar-refractivity contribution in [3.63, 3.8) is 0 Å². The first-order chi connectivity index (χ1) is 17.4. The standard InChI is InChI=1S/C28H32F2O6S/c1-15-10-17-18-12-20(30)19-11-16(31)7-8-25(19,2)27(18,4)22(32)13-26(17,3)28(15,24(34)37-14-29)36-23(33)21-6-5-9-35-21/h5-9,11,15,17-18,20,22,32H,10,12-14H2,1-4H3. The fourth-order valence-electron chi connectivity index (χ4n) is 8.37. The zero-order chi connectivity index (χ0) is 27.0. The van der Waals surface area contributed by atoms with Crippen molar-refractivity contribution < 1.29 is 37.4 Å². The third-order valence-electron chi connectivity index (χ3n) is 10.4. The van der Waals surface area contributed by atoms with Gasteiger partial charge in [0, 0.05) is 22.2 Å². The molecule has 9 unspecified atom stereocenters. The monoisotopic (exact) mass is 534 g/mol. The van der Waals surface area contributed by atoms with Gasteiger partial charge in [-0.15, -0.1) is 0 Å². The Morgan fingerprint density at radius 2 is 1.97 bits per heavy atom. The predicted molar refractivity (Wildman–Crippen MR) is 133 cm³/mol. The third-order valence-corrected chi connectivity index (χ3v) is 11.1. The molecule has 9 heteroatoms. The lowest BCUT2D eigenvalue weighted by Gasteiger charge is -2.66. The van der Waals surface area contributed by atoms with Gasteiger partial charge in [-0.05, 0) is 72.7 Å². The maximum atomic E-state index is 15.8. The molecule has 0 aliphatic heterocycles. The zero-order valence-corrected chi connectivity index (χ0v) is 22.1. The number of aliphatic hydroxyl groups is 1.